The summed E-state index contributed by atoms with van der Waals surface area (Å²) in [5.74, 6) is -8.45. The van der Waals surface area contributed by atoms with Crippen molar-refractivity contribution in [1.29, 1.82) is 0 Å². The molecule has 0 aliphatic heterocycles. The molecule has 0 spiro atoms. The Kier molecular flexibility index (Phi) is 29.4. The van der Waals surface area contributed by atoms with E-state index >= 15 is 0 Å². The zero-order valence-corrected chi connectivity index (χ0v) is 32.4. The highest BCUT2D eigenvalue weighted by Crippen LogP contribution is 2.13. The molecule has 0 aromatic heterocycles. The van der Waals surface area contributed by atoms with Crippen molar-refractivity contribution in [3.63, 3.8) is 0 Å². The lowest BCUT2D eigenvalue weighted by molar-refractivity contribution is -0.143. The highest BCUT2D eigenvalue weighted by atomic mass is 32.2. The fraction of sp³-hybridized carbons (Fsp3) is 0.750. The van der Waals surface area contributed by atoms with Gasteiger partial charge in [0.25, 0.3) is 0 Å². The molecule has 0 rings (SSSR count). The molecule has 1 unspecified atom stereocenters. The van der Waals surface area contributed by atoms with E-state index in [0.29, 0.717) is 39.6 Å². The van der Waals surface area contributed by atoms with Gasteiger partial charge >= 0.3 is 5.97 Å². The molecule has 17 heteroatoms. The molecule has 4 amide bonds. The molecule has 16 nitrogen and oxygen atoms in total. The molecule has 0 aliphatic carbocycles. The predicted octanol–water partition coefficient (Wildman–Crippen LogP) is 0.902. The van der Waals surface area contributed by atoms with Gasteiger partial charge in [0.1, 0.15) is 12.1 Å². The third kappa shape index (κ3) is 24.8. The summed E-state index contributed by atoms with van der Waals surface area (Å²) in [6.45, 7) is 19.6. The summed E-state index contributed by atoms with van der Waals surface area (Å²) in [6, 6.07) is -2.65. The van der Waals surface area contributed by atoms with Gasteiger partial charge in [-0.25, -0.2) is 0 Å². The van der Waals surface area contributed by atoms with Crippen LogP contribution in [0.4, 0.5) is 0 Å². The highest BCUT2D eigenvalue weighted by molar-refractivity contribution is 7.98. The maximum Gasteiger partial charge on any atom is 0.307 e. The quantitative estimate of drug-likeness (QED) is 0.0575. The summed E-state index contributed by atoms with van der Waals surface area (Å²) in [5, 5.41) is 19.6. The van der Waals surface area contributed by atoms with Crippen LogP contribution in [0.2, 0.25) is 0 Å². The Morgan fingerprint density at radius 1 is 0.623 bits per heavy atom. The first-order valence-corrected chi connectivity index (χ1v) is 19.4. The Morgan fingerprint density at radius 3 is 1.43 bits per heavy atom. The van der Waals surface area contributed by atoms with Gasteiger partial charge in [0.15, 0.2) is 11.6 Å². The number of carbonyl (C=O) groups is 7. The van der Waals surface area contributed by atoms with Gasteiger partial charge in [0.05, 0.1) is 45.6 Å². The first-order chi connectivity index (χ1) is 25.3. The van der Waals surface area contributed by atoms with Crippen molar-refractivity contribution in [3.8, 4) is 0 Å². The van der Waals surface area contributed by atoms with Crippen molar-refractivity contribution in [2.75, 3.05) is 78.0 Å². The van der Waals surface area contributed by atoms with Crippen molar-refractivity contribution in [2.24, 2.45) is 17.8 Å². The summed E-state index contributed by atoms with van der Waals surface area (Å²) in [7, 11) is 0. The molecule has 0 bridgehead atoms. The molecule has 5 atom stereocenters. The molecule has 53 heavy (non-hydrogen) atoms. The molecule has 0 aromatic rings. The molecule has 0 aromatic carbocycles. The van der Waals surface area contributed by atoms with Crippen LogP contribution in [0.25, 0.3) is 0 Å². The number of ketones is 2. The third-order valence-corrected chi connectivity index (χ3v) is 8.24. The van der Waals surface area contributed by atoms with Crippen molar-refractivity contribution >= 4 is 52.9 Å². The standard InChI is InChI=1S/C36H60N4O12S/c1-7-12-49-16-18-51-14-10-32(43)37-22-28(39-34(45)25(4)9-3)30(41)20-26(5)35(46)40-29(31(42)21-27(24-53-6)36(47)48)23-38-33(44)11-15-52-19-17-50-13-8-2/h4-5,25-29H,7-24H2,1-3,6H3,(H,37,43)(H,38,44)(H,39,45)(H,40,46)(H,47,48)/t25-,26-,27?,28+,29+/m1/s1. The molecule has 0 saturated heterocycles. The maximum absolute atomic E-state index is 13.3. The third-order valence-electron chi connectivity index (χ3n) is 7.50. The molecule has 4 radical (unpaired) electrons. The Morgan fingerprint density at radius 2 is 1.04 bits per heavy atom. The van der Waals surface area contributed by atoms with Crippen molar-refractivity contribution in [3.05, 3.63) is 13.8 Å². The Bertz CT molecular complexity index is 1110. The van der Waals surface area contributed by atoms with Gasteiger partial charge in [0.2, 0.25) is 23.6 Å². The number of nitrogens with one attached hydrogen (secondary N) is 4. The number of ether oxygens (including phenoxy) is 4. The molecule has 302 valence electrons. The number of hydrogen-bond donors (Lipinski definition) is 5. The zero-order valence-electron chi connectivity index (χ0n) is 31.6. The molecule has 0 aliphatic rings. The highest BCUT2D eigenvalue weighted by Gasteiger charge is 2.31. The zero-order chi connectivity index (χ0) is 40.0. The Labute approximate surface area is 318 Å². The monoisotopic (exact) mass is 772 g/mol. The van der Waals surface area contributed by atoms with Gasteiger partial charge in [-0.3, -0.25) is 33.6 Å². The normalized spacial score (nSPS) is 13.9. The average molecular weight is 773 g/mol. The minimum Gasteiger partial charge on any atom is -0.481 e. The van der Waals surface area contributed by atoms with E-state index in [1.54, 1.807) is 13.2 Å². The van der Waals surface area contributed by atoms with Crippen LogP contribution >= 0.6 is 11.8 Å². The van der Waals surface area contributed by atoms with Gasteiger partial charge in [0, 0.05) is 69.6 Å². The lowest BCUT2D eigenvalue weighted by atomic mass is 9.96. The first kappa shape index (κ1) is 49.9. The van der Waals surface area contributed by atoms with Gasteiger partial charge < -0.3 is 45.3 Å². The number of amides is 4. The van der Waals surface area contributed by atoms with E-state index in [0.717, 1.165) is 12.8 Å². The van der Waals surface area contributed by atoms with E-state index < -0.39 is 83.8 Å². The minimum absolute atomic E-state index is 0.0221. The number of carboxylic acid groups (broad SMARTS) is 1. The van der Waals surface area contributed by atoms with Crippen LogP contribution in [0, 0.1) is 31.6 Å². The number of carboxylic acids is 1. The Hall–Kier alpha value is -3.12. The minimum atomic E-state index is -1.52. The smallest absolute Gasteiger partial charge is 0.307 e. The van der Waals surface area contributed by atoms with Crippen molar-refractivity contribution < 1.29 is 57.6 Å². The van der Waals surface area contributed by atoms with Crippen molar-refractivity contribution in [1.82, 2.24) is 21.3 Å². The van der Waals surface area contributed by atoms with E-state index in [2.05, 4.69) is 21.3 Å². The molecular weight excluding hydrogens is 712 g/mol. The number of rotatable bonds is 34. The molecular formula is C36H60N4O12S. The first-order valence-electron chi connectivity index (χ1n) is 18.0. The van der Waals surface area contributed by atoms with Crippen LogP contribution in [-0.4, -0.2) is 136 Å². The second-order valence-electron chi connectivity index (χ2n) is 12.1. The summed E-state index contributed by atoms with van der Waals surface area (Å²) in [6.07, 6.45) is 2.58. The van der Waals surface area contributed by atoms with Crippen LogP contribution in [-0.2, 0) is 52.5 Å². The molecule has 0 heterocycles. The van der Waals surface area contributed by atoms with Crippen LogP contribution in [0.3, 0.4) is 0 Å². The van der Waals surface area contributed by atoms with Gasteiger partial charge in [-0.05, 0) is 39.4 Å². The van der Waals surface area contributed by atoms with E-state index in [1.165, 1.54) is 11.8 Å². The lowest BCUT2D eigenvalue weighted by Crippen LogP contribution is -2.52. The topological polar surface area (TPSA) is 225 Å². The summed E-state index contributed by atoms with van der Waals surface area (Å²) in [4.78, 5) is 88.9. The van der Waals surface area contributed by atoms with Gasteiger partial charge in [-0.15, -0.1) is 0 Å². The molecule has 0 saturated carbocycles. The number of aliphatic carboxylic acids is 1. The van der Waals surface area contributed by atoms with Crippen LogP contribution in [0.5, 0.6) is 0 Å². The number of hydrogen-bond acceptors (Lipinski definition) is 12. The summed E-state index contributed by atoms with van der Waals surface area (Å²) < 4.78 is 21.4. The predicted molar refractivity (Wildman–Crippen MR) is 198 cm³/mol. The van der Waals surface area contributed by atoms with Gasteiger partial charge in [-0.1, -0.05) is 20.8 Å². The van der Waals surface area contributed by atoms with Gasteiger partial charge in [-0.2, -0.15) is 11.8 Å². The van der Waals surface area contributed by atoms with Crippen LogP contribution < -0.4 is 21.3 Å². The average Bonchev–Trinajstić information content (AvgIpc) is 3.13. The molecule has 0 fully saturated rings. The molecule has 5 N–H and O–H groups in total. The summed E-state index contributed by atoms with van der Waals surface area (Å²) >= 11 is 1.23. The van der Waals surface area contributed by atoms with E-state index in [4.69, 9.17) is 32.8 Å². The fourth-order valence-electron chi connectivity index (χ4n) is 4.36. The maximum atomic E-state index is 13.3. The SMILES string of the molecule is [CH][C@H](CC)C(=O)N[C@@H](CNC(=O)CCOCCOCCC)C(=O)C[C@@H]([CH])C(=O)N[C@@H](CNC(=O)CCOCCOCCC)C(=O)CC(CSC)C(=O)O. The van der Waals surface area contributed by atoms with Crippen LogP contribution in [0.1, 0.15) is 65.7 Å². The number of Topliss-reactive ketones (excluding diaryl/α,β-unsaturated/α-hetero) is 2. The van der Waals surface area contributed by atoms with E-state index in [9.17, 15) is 38.7 Å². The lowest BCUT2D eigenvalue weighted by Gasteiger charge is -2.24. The second-order valence-corrected chi connectivity index (χ2v) is 13.0. The number of carbonyl (C=O) groups excluding carboxylic acids is 6. The summed E-state index contributed by atoms with van der Waals surface area (Å²) in [5.41, 5.74) is 0. The van der Waals surface area contributed by atoms with Crippen molar-refractivity contribution in [2.45, 2.75) is 77.8 Å². The largest absolute Gasteiger partial charge is 0.481 e. The van der Waals surface area contributed by atoms with E-state index in [1.807, 2.05) is 13.8 Å². The second kappa shape index (κ2) is 31.3. The number of thioether (sulfide) groups is 1. The van der Waals surface area contributed by atoms with Crippen LogP contribution in [0.15, 0.2) is 0 Å². The fourth-order valence-corrected chi connectivity index (χ4v) is 5.02. The van der Waals surface area contributed by atoms with E-state index in [-0.39, 0.29) is 51.3 Å². The Balaban J connectivity index is 5.49.